The first-order valence-electron chi connectivity index (χ1n) is 8.53. The van der Waals surface area contributed by atoms with Gasteiger partial charge in [0.25, 0.3) is 0 Å². The number of sulfonamides is 1. The minimum absolute atomic E-state index is 0.192. The van der Waals surface area contributed by atoms with Gasteiger partial charge in [0.1, 0.15) is 5.82 Å². The molecule has 2 aromatic carbocycles. The molecule has 0 unspecified atom stereocenters. The van der Waals surface area contributed by atoms with Crippen molar-refractivity contribution in [2.24, 2.45) is 0 Å². The third-order valence-corrected chi connectivity index (χ3v) is 6.28. The summed E-state index contributed by atoms with van der Waals surface area (Å²) in [5.74, 6) is 0.503. The molecule has 5 nitrogen and oxygen atoms in total. The third kappa shape index (κ3) is 7.79. The summed E-state index contributed by atoms with van der Waals surface area (Å²) in [6, 6.07) is 13.5. The highest BCUT2D eigenvalue weighted by Crippen LogP contribution is 2.16. The summed E-state index contributed by atoms with van der Waals surface area (Å²) in [4.78, 5) is 12.1. The molecule has 9 heteroatoms. The van der Waals surface area contributed by atoms with E-state index in [0.29, 0.717) is 17.3 Å². The van der Waals surface area contributed by atoms with Gasteiger partial charge in [-0.25, -0.2) is 12.8 Å². The molecule has 0 aliphatic rings. The van der Waals surface area contributed by atoms with Crippen LogP contribution in [0.1, 0.15) is 11.1 Å². The van der Waals surface area contributed by atoms with E-state index in [1.54, 1.807) is 17.8 Å². The van der Waals surface area contributed by atoms with E-state index in [-0.39, 0.29) is 18.7 Å². The normalized spacial score (nSPS) is 11.6. The summed E-state index contributed by atoms with van der Waals surface area (Å²) >= 11 is 7.57. The van der Waals surface area contributed by atoms with E-state index in [9.17, 15) is 17.6 Å². The minimum atomic E-state index is -3.66. The molecule has 0 heterocycles. The number of amides is 1. The van der Waals surface area contributed by atoms with E-state index in [1.165, 1.54) is 18.2 Å². The molecule has 0 saturated carbocycles. The van der Waals surface area contributed by atoms with Gasteiger partial charge in [0.05, 0.1) is 12.8 Å². The minimum Gasteiger partial charge on any atom is -0.354 e. The van der Waals surface area contributed by atoms with Crippen molar-refractivity contribution in [3.8, 4) is 0 Å². The largest absolute Gasteiger partial charge is 0.354 e. The van der Waals surface area contributed by atoms with Crippen LogP contribution in [0.25, 0.3) is 0 Å². The maximum Gasteiger partial charge on any atom is 0.235 e. The summed E-state index contributed by atoms with van der Waals surface area (Å²) in [5, 5.41) is 3.38. The second-order valence-electron chi connectivity index (χ2n) is 6.15. The molecule has 0 saturated heterocycles. The number of hydrogen-bond donors (Lipinski definition) is 1. The van der Waals surface area contributed by atoms with Crippen LogP contribution in [0.2, 0.25) is 5.02 Å². The lowest BCUT2D eigenvalue weighted by Crippen LogP contribution is -2.40. The highest BCUT2D eigenvalue weighted by molar-refractivity contribution is 7.98. The first-order valence-corrected chi connectivity index (χ1v) is 11.9. The maximum atomic E-state index is 13.8. The number of halogens is 2. The van der Waals surface area contributed by atoms with Crippen LogP contribution in [0.4, 0.5) is 4.39 Å². The van der Waals surface area contributed by atoms with Crippen LogP contribution in [-0.2, 0) is 27.1 Å². The highest BCUT2D eigenvalue weighted by atomic mass is 35.5. The second-order valence-corrected chi connectivity index (χ2v) is 9.68. The lowest BCUT2D eigenvalue weighted by atomic mass is 10.2. The molecule has 0 spiro atoms. The van der Waals surface area contributed by atoms with Gasteiger partial charge in [0, 0.05) is 35.2 Å². The quantitative estimate of drug-likeness (QED) is 0.571. The summed E-state index contributed by atoms with van der Waals surface area (Å²) in [5.41, 5.74) is 1.31. The van der Waals surface area contributed by atoms with Crippen LogP contribution in [0, 0.1) is 5.82 Å². The van der Waals surface area contributed by atoms with Crippen molar-refractivity contribution in [3.63, 3.8) is 0 Å². The monoisotopic (exact) mass is 444 g/mol. The molecule has 1 amide bonds. The molecule has 0 aliphatic carbocycles. The number of nitrogens with zero attached hydrogens (tertiary/aromatic N) is 1. The zero-order valence-electron chi connectivity index (χ0n) is 15.4. The Morgan fingerprint density at radius 1 is 1.21 bits per heavy atom. The van der Waals surface area contributed by atoms with E-state index >= 15 is 0 Å². The molecule has 1 N–H and O–H groups in total. The Morgan fingerprint density at radius 2 is 1.96 bits per heavy atom. The maximum absolute atomic E-state index is 13.8. The third-order valence-electron chi connectivity index (χ3n) is 3.82. The van der Waals surface area contributed by atoms with E-state index in [0.717, 1.165) is 21.9 Å². The molecule has 152 valence electrons. The van der Waals surface area contributed by atoms with E-state index in [4.69, 9.17) is 11.6 Å². The summed E-state index contributed by atoms with van der Waals surface area (Å²) in [6.07, 6.45) is 1.00. The van der Waals surface area contributed by atoms with E-state index in [2.05, 4.69) is 5.32 Å². The van der Waals surface area contributed by atoms with Crippen molar-refractivity contribution in [2.45, 2.75) is 12.3 Å². The van der Waals surface area contributed by atoms with Crippen LogP contribution in [0.3, 0.4) is 0 Å². The topological polar surface area (TPSA) is 66.5 Å². The fourth-order valence-electron chi connectivity index (χ4n) is 2.40. The number of nitrogens with one attached hydrogen (secondary N) is 1. The number of carbonyl (C=O) groups is 1. The smallest absolute Gasteiger partial charge is 0.235 e. The van der Waals surface area contributed by atoms with E-state index < -0.39 is 21.7 Å². The van der Waals surface area contributed by atoms with Crippen molar-refractivity contribution in [2.75, 3.05) is 25.1 Å². The molecule has 2 aromatic rings. The highest BCUT2D eigenvalue weighted by Gasteiger charge is 2.21. The van der Waals surface area contributed by atoms with Crippen LogP contribution in [-0.4, -0.2) is 43.7 Å². The van der Waals surface area contributed by atoms with Crippen LogP contribution in [0.5, 0.6) is 0 Å². The average molecular weight is 445 g/mol. The Labute approximate surface area is 174 Å². The summed E-state index contributed by atoms with van der Waals surface area (Å²) in [7, 11) is -3.66. The SMILES string of the molecule is CS(=O)(=O)N(CC(=O)NCCSCc1cccc(Cl)c1)Cc1ccccc1F. The Hall–Kier alpha value is -1.61. The number of carbonyl (C=O) groups excluding carboxylic acids is 1. The molecular weight excluding hydrogens is 423 g/mol. The summed E-state index contributed by atoms with van der Waals surface area (Å²) < 4.78 is 38.7. The van der Waals surface area contributed by atoms with Crippen LogP contribution >= 0.6 is 23.4 Å². The standard InChI is InChI=1S/C19H22ClFN2O3S2/c1-28(25,26)23(12-16-6-2-3-8-18(16)21)13-19(24)22-9-10-27-14-15-5-4-7-17(20)11-15/h2-8,11H,9-10,12-14H2,1H3,(H,22,24). The van der Waals surface area contributed by atoms with Gasteiger partial charge in [-0.05, 0) is 23.8 Å². The van der Waals surface area contributed by atoms with Gasteiger partial charge >= 0.3 is 0 Å². The van der Waals surface area contributed by atoms with Gasteiger partial charge in [-0.2, -0.15) is 16.1 Å². The zero-order valence-corrected chi connectivity index (χ0v) is 17.8. The Morgan fingerprint density at radius 3 is 2.64 bits per heavy atom. The van der Waals surface area contributed by atoms with Crippen LogP contribution < -0.4 is 5.32 Å². The van der Waals surface area contributed by atoms with Gasteiger partial charge in [0.2, 0.25) is 15.9 Å². The fraction of sp³-hybridized carbons (Fsp3) is 0.316. The second kappa shape index (κ2) is 10.8. The lowest BCUT2D eigenvalue weighted by molar-refractivity contribution is -0.121. The van der Waals surface area contributed by atoms with Gasteiger partial charge in [0.15, 0.2) is 0 Å². The molecule has 28 heavy (non-hydrogen) atoms. The number of benzene rings is 2. The van der Waals surface area contributed by atoms with Crippen molar-refractivity contribution in [1.82, 2.24) is 9.62 Å². The molecule has 0 atom stereocenters. The van der Waals surface area contributed by atoms with Crippen molar-refractivity contribution >= 4 is 39.3 Å². The van der Waals surface area contributed by atoms with Gasteiger partial charge < -0.3 is 5.32 Å². The fourth-order valence-corrected chi connectivity index (χ4v) is 4.15. The Balaban J connectivity index is 1.79. The van der Waals surface area contributed by atoms with Crippen molar-refractivity contribution < 1.29 is 17.6 Å². The van der Waals surface area contributed by atoms with E-state index in [1.807, 2.05) is 24.3 Å². The van der Waals surface area contributed by atoms with Gasteiger partial charge in [-0.1, -0.05) is 41.9 Å². The molecular formula is C19H22ClFN2O3S2. The molecule has 0 bridgehead atoms. The first-order chi connectivity index (χ1) is 13.3. The van der Waals surface area contributed by atoms with Crippen molar-refractivity contribution in [1.29, 1.82) is 0 Å². The van der Waals surface area contributed by atoms with Gasteiger partial charge in [-0.15, -0.1) is 0 Å². The van der Waals surface area contributed by atoms with Crippen LogP contribution in [0.15, 0.2) is 48.5 Å². The Bertz CT molecular complexity index is 910. The zero-order chi connectivity index (χ0) is 20.6. The first kappa shape index (κ1) is 22.7. The van der Waals surface area contributed by atoms with Crippen molar-refractivity contribution in [3.05, 3.63) is 70.5 Å². The van der Waals surface area contributed by atoms with Gasteiger partial charge in [-0.3, -0.25) is 4.79 Å². The average Bonchev–Trinajstić information content (AvgIpc) is 2.62. The predicted molar refractivity (Wildman–Crippen MR) is 112 cm³/mol. The molecule has 2 rings (SSSR count). The lowest BCUT2D eigenvalue weighted by Gasteiger charge is -2.20. The number of thioether (sulfide) groups is 1. The molecule has 0 aromatic heterocycles. The number of rotatable bonds is 10. The summed E-state index contributed by atoms with van der Waals surface area (Å²) in [6.45, 7) is -0.143. The number of hydrogen-bond acceptors (Lipinski definition) is 4. The molecule has 0 aliphatic heterocycles. The molecule has 0 fully saturated rings. The molecule has 0 radical (unpaired) electrons. The predicted octanol–water partition coefficient (Wildman–Crippen LogP) is 3.29. The Kier molecular flexibility index (Phi) is 8.75.